The number of carbonyl (C=O) groups excluding carboxylic acids is 2. The van der Waals surface area contributed by atoms with Gasteiger partial charge in [-0.3, -0.25) is 5.32 Å². The number of rotatable bonds is 23. The highest BCUT2D eigenvalue weighted by Gasteiger charge is 2.14. The second kappa shape index (κ2) is 23.7. The second-order valence-corrected chi connectivity index (χ2v) is 10.2. The Labute approximate surface area is 231 Å². The Balaban J connectivity index is 1.91. The monoisotopic (exact) mass is 536 g/mol. The zero-order valence-electron chi connectivity index (χ0n) is 24.3. The molecule has 0 aromatic carbocycles. The van der Waals surface area contributed by atoms with Crippen molar-refractivity contribution in [1.82, 2.24) is 5.32 Å². The summed E-state index contributed by atoms with van der Waals surface area (Å²) >= 11 is 0. The van der Waals surface area contributed by atoms with Gasteiger partial charge in [0.05, 0.1) is 0 Å². The van der Waals surface area contributed by atoms with Crippen LogP contribution < -0.4 is 15.2 Å². The maximum absolute atomic E-state index is 11.9. The van der Waals surface area contributed by atoms with E-state index in [0.717, 1.165) is 12.8 Å². The smallest absolute Gasteiger partial charge is 0.411 e. The summed E-state index contributed by atoms with van der Waals surface area (Å²) in [5.41, 5.74) is 0.624. The molecule has 1 rings (SSSR count). The van der Waals surface area contributed by atoms with Crippen molar-refractivity contribution in [2.24, 2.45) is 7.05 Å². The summed E-state index contributed by atoms with van der Waals surface area (Å²) in [5.74, 6) is 0. The maximum Gasteiger partial charge on any atom is 0.411 e. The topological polar surface area (TPSA) is 89.8 Å². The van der Waals surface area contributed by atoms with Gasteiger partial charge >= 0.3 is 12.2 Å². The summed E-state index contributed by atoms with van der Waals surface area (Å²) in [7, 11) is 3.35. The van der Waals surface area contributed by atoms with Crippen molar-refractivity contribution >= 4 is 17.9 Å². The van der Waals surface area contributed by atoms with Gasteiger partial charge in [0.15, 0.2) is 12.4 Å². The molecule has 0 bridgehead atoms. The van der Waals surface area contributed by atoms with Gasteiger partial charge in [-0.1, -0.05) is 103 Å². The zero-order chi connectivity index (χ0) is 27.7. The third-order valence-electron chi connectivity index (χ3n) is 6.62. The molecule has 1 aromatic heterocycles. The van der Waals surface area contributed by atoms with E-state index >= 15 is 0 Å². The van der Waals surface area contributed by atoms with Gasteiger partial charge in [0.2, 0.25) is 0 Å². The Bertz CT molecular complexity index is 732. The average molecular weight is 537 g/mol. The number of amides is 2. The third-order valence-corrected chi connectivity index (χ3v) is 6.62. The van der Waals surface area contributed by atoms with Gasteiger partial charge in [0.1, 0.15) is 32.1 Å². The summed E-state index contributed by atoms with van der Waals surface area (Å²) in [4.78, 5) is 23.9. The molecule has 8 heteroatoms. The molecule has 8 nitrogen and oxygen atoms in total. The number of unbranched alkanes of at least 4 members (excludes halogenated alkanes) is 15. The Morgan fingerprint density at radius 3 is 1.79 bits per heavy atom. The van der Waals surface area contributed by atoms with Crippen molar-refractivity contribution in [2.45, 2.75) is 116 Å². The van der Waals surface area contributed by atoms with Crippen LogP contribution in [0.3, 0.4) is 0 Å². The number of nitrogens with zero attached hydrogens (tertiary/aromatic N) is 1. The fraction of sp³-hybridized carbons (Fsp3) is 0.767. The predicted octanol–water partition coefficient (Wildman–Crippen LogP) is 7.06. The quantitative estimate of drug-likeness (QED) is 0.115. The van der Waals surface area contributed by atoms with Crippen molar-refractivity contribution in [2.75, 3.05) is 32.2 Å². The minimum atomic E-state index is -0.591. The van der Waals surface area contributed by atoms with Crippen LogP contribution in [0, 0.1) is 0 Å². The number of nitrogens with one attached hydrogen (secondary N) is 2. The number of alkyl carbamates (subject to hydrolysis) is 1. The molecule has 0 aliphatic rings. The molecule has 0 aliphatic heterocycles. The highest BCUT2D eigenvalue weighted by molar-refractivity contribution is 5.84. The number of methoxy groups -OCH3 is 1. The van der Waals surface area contributed by atoms with E-state index in [4.69, 9.17) is 14.2 Å². The van der Waals surface area contributed by atoms with E-state index in [1.165, 1.54) is 97.0 Å². The molecule has 0 saturated heterocycles. The van der Waals surface area contributed by atoms with Crippen LogP contribution in [-0.4, -0.2) is 45.2 Å². The van der Waals surface area contributed by atoms with Crippen LogP contribution in [0.5, 0.6) is 0 Å². The van der Waals surface area contributed by atoms with Crippen molar-refractivity contribution in [1.29, 1.82) is 0 Å². The van der Waals surface area contributed by atoms with Crippen LogP contribution in [0.2, 0.25) is 0 Å². The summed E-state index contributed by atoms with van der Waals surface area (Å²) < 4.78 is 17.4. The van der Waals surface area contributed by atoms with Crippen LogP contribution in [0.15, 0.2) is 24.5 Å². The van der Waals surface area contributed by atoms with Gasteiger partial charge < -0.3 is 19.5 Å². The number of hydrogen-bond donors (Lipinski definition) is 2. The summed E-state index contributed by atoms with van der Waals surface area (Å²) in [5, 5.41) is 5.42. The number of pyridine rings is 1. The SMILES string of the molecule is CCCCCCCCCCCCCCCCCCNC(=O)OCC(COC(=O)Nc1ccc[n+](C)c1)OC. The summed E-state index contributed by atoms with van der Waals surface area (Å²) in [6.07, 6.45) is 23.2. The van der Waals surface area contributed by atoms with Crippen molar-refractivity contribution in [3.63, 3.8) is 0 Å². The Kier molecular flexibility index (Phi) is 21.0. The highest BCUT2D eigenvalue weighted by atomic mass is 16.6. The summed E-state index contributed by atoms with van der Waals surface area (Å²) in [6, 6.07) is 3.59. The second-order valence-electron chi connectivity index (χ2n) is 10.2. The van der Waals surface area contributed by atoms with E-state index in [-0.39, 0.29) is 13.2 Å². The molecule has 0 radical (unpaired) electrons. The molecule has 0 aliphatic carbocycles. The molecular formula is C30H54N3O5+. The Morgan fingerprint density at radius 1 is 0.789 bits per heavy atom. The van der Waals surface area contributed by atoms with Crippen LogP contribution in [-0.2, 0) is 21.3 Å². The van der Waals surface area contributed by atoms with E-state index in [9.17, 15) is 9.59 Å². The van der Waals surface area contributed by atoms with Crippen LogP contribution in [0.25, 0.3) is 0 Å². The number of ether oxygens (including phenoxy) is 3. The van der Waals surface area contributed by atoms with E-state index in [2.05, 4.69) is 17.6 Å². The highest BCUT2D eigenvalue weighted by Crippen LogP contribution is 2.13. The molecule has 1 unspecified atom stereocenters. The molecule has 0 saturated carbocycles. The number of aromatic nitrogens is 1. The van der Waals surface area contributed by atoms with Gasteiger partial charge in [0.25, 0.3) is 0 Å². The van der Waals surface area contributed by atoms with Gasteiger partial charge in [-0.25, -0.2) is 14.2 Å². The first kappa shape index (κ1) is 33.7. The van der Waals surface area contributed by atoms with Gasteiger partial charge in [0, 0.05) is 19.7 Å². The molecule has 1 heterocycles. The molecule has 1 aromatic rings. The Hall–Kier alpha value is -2.35. The lowest BCUT2D eigenvalue weighted by atomic mass is 10.0. The molecule has 218 valence electrons. The lowest BCUT2D eigenvalue weighted by molar-refractivity contribution is -0.670. The first-order valence-electron chi connectivity index (χ1n) is 14.9. The first-order chi connectivity index (χ1) is 18.5. The molecular weight excluding hydrogens is 482 g/mol. The molecule has 2 amide bonds. The summed E-state index contributed by atoms with van der Waals surface area (Å²) in [6.45, 7) is 2.86. The lowest BCUT2D eigenvalue weighted by Crippen LogP contribution is -2.32. The minimum Gasteiger partial charge on any atom is -0.447 e. The molecule has 0 spiro atoms. The fourth-order valence-corrected chi connectivity index (χ4v) is 4.25. The average Bonchev–Trinajstić information content (AvgIpc) is 2.90. The van der Waals surface area contributed by atoms with Crippen molar-refractivity contribution in [3.8, 4) is 0 Å². The minimum absolute atomic E-state index is 0.00880. The normalized spacial score (nSPS) is 11.7. The van der Waals surface area contributed by atoms with Crippen molar-refractivity contribution in [3.05, 3.63) is 24.5 Å². The zero-order valence-corrected chi connectivity index (χ0v) is 24.3. The van der Waals surface area contributed by atoms with Crippen LogP contribution in [0.4, 0.5) is 15.3 Å². The van der Waals surface area contributed by atoms with E-state index in [0.29, 0.717) is 12.2 Å². The van der Waals surface area contributed by atoms with Gasteiger partial charge in [-0.2, -0.15) is 0 Å². The first-order valence-corrected chi connectivity index (χ1v) is 14.9. The number of carbonyl (C=O) groups is 2. The van der Waals surface area contributed by atoms with Crippen LogP contribution >= 0.6 is 0 Å². The maximum atomic E-state index is 11.9. The Morgan fingerprint density at radius 2 is 1.29 bits per heavy atom. The van der Waals surface area contributed by atoms with Gasteiger partial charge in [-0.15, -0.1) is 0 Å². The molecule has 38 heavy (non-hydrogen) atoms. The largest absolute Gasteiger partial charge is 0.447 e. The third kappa shape index (κ3) is 19.7. The molecule has 0 fully saturated rings. The van der Waals surface area contributed by atoms with E-state index in [1.54, 1.807) is 12.3 Å². The van der Waals surface area contributed by atoms with E-state index < -0.39 is 18.3 Å². The van der Waals surface area contributed by atoms with E-state index in [1.807, 2.05) is 23.9 Å². The number of hydrogen-bond acceptors (Lipinski definition) is 5. The standard InChI is InChI=1S/C30H53N3O5/c1-4-5-6-7-8-9-10-11-12-13-14-15-16-17-18-19-22-31-29(34)37-25-28(36-3)26-38-30(35)32-27-21-20-23-33(2)24-27/h20-21,23-24,28H,4-19,22,25-26H2,1-3H3,(H-,31,32,34,35)/p+1. The van der Waals surface area contributed by atoms with Gasteiger partial charge in [-0.05, 0) is 12.5 Å². The van der Waals surface area contributed by atoms with Crippen molar-refractivity contribution < 1.29 is 28.4 Å². The number of anilines is 1. The van der Waals surface area contributed by atoms with Crippen LogP contribution in [0.1, 0.15) is 110 Å². The predicted molar refractivity (Wildman–Crippen MR) is 152 cm³/mol. The number of aryl methyl sites for hydroxylation is 1. The lowest BCUT2D eigenvalue weighted by Gasteiger charge is -2.16. The molecule has 1 atom stereocenters. The fourth-order valence-electron chi connectivity index (χ4n) is 4.25. The molecule has 2 N–H and O–H groups in total.